The van der Waals surface area contributed by atoms with Crippen molar-refractivity contribution in [1.82, 2.24) is 4.90 Å². The normalized spacial score (nSPS) is 13.7. The average molecular weight is 716 g/mol. The molecule has 0 saturated carbocycles. The van der Waals surface area contributed by atoms with Gasteiger partial charge in [-0.1, -0.05) is 95.6 Å². The summed E-state index contributed by atoms with van der Waals surface area (Å²) in [7, 11) is 0. The predicted molar refractivity (Wildman–Crippen MR) is 218 cm³/mol. The zero-order chi connectivity index (χ0) is 37.0. The zero-order valence-electron chi connectivity index (χ0n) is 32.7. The summed E-state index contributed by atoms with van der Waals surface area (Å²) >= 11 is 0. The average Bonchev–Trinajstić information content (AvgIpc) is 3.65. The van der Waals surface area contributed by atoms with Crippen LogP contribution in [0.3, 0.4) is 0 Å². The van der Waals surface area contributed by atoms with Crippen molar-refractivity contribution in [3.63, 3.8) is 0 Å². The maximum absolute atomic E-state index is 6.77. The van der Waals surface area contributed by atoms with E-state index in [9.17, 15) is 0 Å². The summed E-state index contributed by atoms with van der Waals surface area (Å²) < 4.78 is 26.8. The first-order valence-corrected chi connectivity index (χ1v) is 20.1. The molecule has 4 aromatic rings. The Labute approximate surface area is 318 Å². The first-order valence-electron chi connectivity index (χ1n) is 20.1. The molecule has 1 aliphatic heterocycles. The minimum absolute atomic E-state index is 0.646. The number of ether oxygens (including phenoxy) is 4. The van der Waals surface area contributed by atoms with Gasteiger partial charge >= 0.3 is 0 Å². The van der Waals surface area contributed by atoms with E-state index in [1.165, 1.54) is 33.4 Å². The van der Waals surface area contributed by atoms with Crippen molar-refractivity contribution in [1.29, 1.82) is 0 Å². The van der Waals surface area contributed by atoms with E-state index in [-0.39, 0.29) is 0 Å². The van der Waals surface area contributed by atoms with E-state index < -0.39 is 0 Å². The maximum Gasteiger partial charge on any atom is 0.145 e. The van der Waals surface area contributed by atoms with Crippen molar-refractivity contribution in [3.05, 3.63) is 130 Å². The minimum Gasteiger partial charge on any atom is -0.493 e. The van der Waals surface area contributed by atoms with Crippen molar-refractivity contribution in [2.24, 2.45) is 0 Å². The highest BCUT2D eigenvalue weighted by Gasteiger charge is 2.24. The smallest absolute Gasteiger partial charge is 0.145 e. The van der Waals surface area contributed by atoms with E-state index in [1.54, 1.807) is 0 Å². The Kier molecular flexibility index (Phi) is 13.6. The van der Waals surface area contributed by atoms with Crippen LogP contribution in [0.2, 0.25) is 0 Å². The highest BCUT2D eigenvalue weighted by atomic mass is 16.5. The van der Waals surface area contributed by atoms with Crippen LogP contribution in [0.25, 0.3) is 0 Å². The molecule has 0 atom stereocenters. The van der Waals surface area contributed by atoms with Crippen molar-refractivity contribution >= 4 is 5.69 Å². The quantitative estimate of drug-likeness (QED) is 0.101. The van der Waals surface area contributed by atoms with Gasteiger partial charge in [-0.15, -0.1) is 0 Å². The monoisotopic (exact) mass is 715 g/mol. The SMILES string of the molecule is CCCCN1[CH]N(c2cc3c(OCCC)c(c2)Cc2cccc(c2OCCC)Cc2cccc(c2OCCC)Cc2cccc(c2OCCC)C3)C=C1. The Balaban J connectivity index is 1.57. The summed E-state index contributed by atoms with van der Waals surface area (Å²) in [6, 6.07) is 24.5. The molecule has 0 unspecified atom stereocenters. The first-order chi connectivity index (χ1) is 26.1. The summed E-state index contributed by atoms with van der Waals surface area (Å²) in [5.41, 5.74) is 10.5. The zero-order valence-corrected chi connectivity index (χ0v) is 32.7. The second-order valence-electron chi connectivity index (χ2n) is 14.3. The molecule has 0 fully saturated rings. The predicted octanol–water partition coefficient (Wildman–Crippen LogP) is 11.0. The summed E-state index contributed by atoms with van der Waals surface area (Å²) in [4.78, 5) is 4.54. The maximum atomic E-state index is 6.77. The number of benzene rings is 4. The van der Waals surface area contributed by atoms with Crippen LogP contribution in [0.4, 0.5) is 5.69 Å². The van der Waals surface area contributed by atoms with Crippen LogP contribution in [0, 0.1) is 6.67 Å². The largest absolute Gasteiger partial charge is 0.493 e. The lowest BCUT2D eigenvalue weighted by Crippen LogP contribution is -2.20. The van der Waals surface area contributed by atoms with E-state index in [0.717, 1.165) is 84.9 Å². The fraction of sp³-hybridized carbons (Fsp3) is 0.426. The molecule has 1 radical (unpaired) electrons. The van der Waals surface area contributed by atoms with Gasteiger partial charge in [-0.3, -0.25) is 0 Å². The van der Waals surface area contributed by atoms with E-state index in [0.29, 0.717) is 52.1 Å². The van der Waals surface area contributed by atoms with Gasteiger partial charge in [-0.2, -0.15) is 0 Å². The fourth-order valence-corrected chi connectivity index (χ4v) is 7.30. The molecule has 0 amide bonds. The lowest BCUT2D eigenvalue weighted by Gasteiger charge is -2.25. The summed E-state index contributed by atoms with van der Waals surface area (Å²) in [6.07, 6.45) is 13.2. The Morgan fingerprint density at radius 2 is 0.811 bits per heavy atom. The van der Waals surface area contributed by atoms with Crippen molar-refractivity contribution in [2.75, 3.05) is 37.9 Å². The molecular weight excluding hydrogens is 657 g/mol. The molecule has 2 aliphatic rings. The van der Waals surface area contributed by atoms with Gasteiger partial charge in [0.1, 0.15) is 29.7 Å². The summed E-state index contributed by atoms with van der Waals surface area (Å²) in [5, 5.41) is 0. The second-order valence-corrected chi connectivity index (χ2v) is 14.3. The first kappa shape index (κ1) is 38.2. The highest BCUT2D eigenvalue weighted by molar-refractivity contribution is 5.64. The third kappa shape index (κ3) is 9.33. The number of para-hydroxylation sites is 3. The van der Waals surface area contributed by atoms with Crippen molar-refractivity contribution in [3.8, 4) is 23.0 Å². The molecule has 6 heteroatoms. The van der Waals surface area contributed by atoms with Gasteiger partial charge in [0.25, 0.3) is 0 Å². The van der Waals surface area contributed by atoms with Gasteiger partial charge < -0.3 is 28.7 Å². The number of fused-ring (bicyclic) bond motifs is 8. The van der Waals surface area contributed by atoms with E-state index in [1.807, 2.05) is 0 Å². The lowest BCUT2D eigenvalue weighted by atomic mass is 9.91. The number of nitrogens with zero attached hydrogens (tertiary/aromatic N) is 2. The van der Waals surface area contributed by atoms with Crippen LogP contribution in [-0.2, 0) is 25.7 Å². The topological polar surface area (TPSA) is 43.4 Å². The number of hydrogen-bond donors (Lipinski definition) is 0. The van der Waals surface area contributed by atoms with Crippen LogP contribution in [0.15, 0.2) is 79.1 Å². The van der Waals surface area contributed by atoms with Crippen LogP contribution in [0.1, 0.15) is 118 Å². The molecule has 53 heavy (non-hydrogen) atoms. The Morgan fingerprint density at radius 1 is 0.453 bits per heavy atom. The second kappa shape index (κ2) is 19.0. The van der Waals surface area contributed by atoms with Crippen LogP contribution >= 0.6 is 0 Å². The van der Waals surface area contributed by atoms with Crippen molar-refractivity contribution < 1.29 is 18.9 Å². The van der Waals surface area contributed by atoms with Crippen LogP contribution in [0.5, 0.6) is 23.0 Å². The van der Waals surface area contributed by atoms with E-state index >= 15 is 0 Å². The van der Waals surface area contributed by atoms with Gasteiger partial charge in [0.05, 0.1) is 26.4 Å². The fourth-order valence-electron chi connectivity index (χ4n) is 7.30. The molecule has 0 saturated heterocycles. The number of rotatable bonds is 16. The highest BCUT2D eigenvalue weighted by Crippen LogP contribution is 2.41. The van der Waals surface area contributed by atoms with Gasteiger partial charge in [0, 0.05) is 61.4 Å². The molecule has 0 N–H and O–H groups in total. The number of anilines is 1. The van der Waals surface area contributed by atoms with Gasteiger partial charge in [0.15, 0.2) is 0 Å². The molecule has 1 aliphatic carbocycles. The summed E-state index contributed by atoms with van der Waals surface area (Å²) in [5.74, 6) is 3.89. The molecule has 1 heterocycles. The van der Waals surface area contributed by atoms with Crippen molar-refractivity contribution in [2.45, 2.75) is 98.8 Å². The van der Waals surface area contributed by atoms with Crippen LogP contribution < -0.4 is 23.8 Å². The number of unbranched alkanes of at least 4 members (excludes halogenated alkanes) is 1. The van der Waals surface area contributed by atoms with Gasteiger partial charge in [0.2, 0.25) is 0 Å². The molecule has 281 valence electrons. The van der Waals surface area contributed by atoms with E-state index in [4.69, 9.17) is 18.9 Å². The van der Waals surface area contributed by atoms with E-state index in [2.05, 4.69) is 130 Å². The van der Waals surface area contributed by atoms with Gasteiger partial charge in [-0.05, 0) is 77.6 Å². The van der Waals surface area contributed by atoms with Gasteiger partial charge in [-0.25, -0.2) is 0 Å². The summed E-state index contributed by atoms with van der Waals surface area (Å²) in [6.45, 7) is 16.8. The molecule has 6 nitrogen and oxygen atoms in total. The Bertz CT molecular complexity index is 1730. The molecule has 0 spiro atoms. The minimum atomic E-state index is 0.646. The number of hydrogen-bond acceptors (Lipinski definition) is 6. The Morgan fingerprint density at radius 3 is 1.17 bits per heavy atom. The third-order valence-corrected chi connectivity index (χ3v) is 9.85. The molecule has 0 aromatic heterocycles. The Hall–Kier alpha value is -4.58. The molecular formula is C47H59N2O4. The third-order valence-electron chi connectivity index (χ3n) is 9.85. The standard InChI is InChI=1S/C47H59N2O4/c1-6-11-21-48-22-23-49(34-48)43-32-41-30-39-19-13-17-37(45(39)51-25-8-3)28-35-15-12-16-36(44(35)50-24-7-2)29-38-18-14-20-40(46(38)52-26-9-4)31-42(33-43)47(41)53-27-10-5/h12-20,22-23,32-34H,6-11,21,24-31H2,1-5H3. The molecule has 6 rings (SSSR count). The lowest BCUT2D eigenvalue weighted by molar-refractivity contribution is 0.304. The van der Waals surface area contributed by atoms with Crippen LogP contribution in [-0.4, -0.2) is 37.9 Å². The molecule has 4 aromatic carbocycles. The molecule has 8 bridgehead atoms.